The van der Waals surface area contributed by atoms with Crippen molar-refractivity contribution in [2.75, 3.05) is 5.32 Å². The molecule has 68 valence electrons. The molecule has 1 aromatic carbocycles. The van der Waals surface area contributed by atoms with Crippen molar-refractivity contribution in [3.63, 3.8) is 0 Å². The van der Waals surface area contributed by atoms with E-state index in [1.807, 2.05) is 0 Å². The van der Waals surface area contributed by atoms with Crippen molar-refractivity contribution in [3.8, 4) is 6.07 Å². The van der Waals surface area contributed by atoms with Crippen LogP contribution in [0.3, 0.4) is 0 Å². The third kappa shape index (κ3) is 2.37. The molecule has 0 unspecified atom stereocenters. The molecule has 0 atom stereocenters. The zero-order valence-corrected chi connectivity index (χ0v) is 6.39. The first-order chi connectivity index (χ1) is 6.13. The second-order valence-electron chi connectivity index (χ2n) is 2.25. The second kappa shape index (κ2) is 3.81. The van der Waals surface area contributed by atoms with Crippen LogP contribution in [0.1, 0.15) is 5.56 Å². The van der Waals surface area contributed by atoms with E-state index >= 15 is 0 Å². The molecule has 0 radical (unpaired) electrons. The minimum Gasteiger partial charge on any atom is -0.327 e. The molecule has 0 aromatic heterocycles. The molecule has 0 aliphatic rings. The summed E-state index contributed by atoms with van der Waals surface area (Å²) in [7, 11) is 0. The molecule has 5 heteroatoms. The van der Waals surface area contributed by atoms with E-state index in [-0.39, 0.29) is 11.3 Å². The van der Waals surface area contributed by atoms with Gasteiger partial charge in [0.15, 0.2) is 0 Å². The quantitative estimate of drug-likeness (QED) is 0.719. The maximum atomic E-state index is 12.9. The maximum Gasteiger partial charge on any atom is 0.313 e. The Hall–Kier alpha value is -1.70. The van der Waals surface area contributed by atoms with Crippen molar-refractivity contribution >= 4 is 5.69 Å². The van der Waals surface area contributed by atoms with E-state index in [2.05, 4.69) is 0 Å². The first-order valence-corrected chi connectivity index (χ1v) is 3.38. The first kappa shape index (κ1) is 9.39. The Kier molecular flexibility index (Phi) is 2.75. The number of hydrogen-bond acceptors (Lipinski definition) is 2. The Morgan fingerprint density at radius 3 is 2.54 bits per heavy atom. The van der Waals surface area contributed by atoms with Crippen molar-refractivity contribution in [1.29, 1.82) is 5.26 Å². The van der Waals surface area contributed by atoms with Crippen LogP contribution in [0.15, 0.2) is 18.2 Å². The van der Waals surface area contributed by atoms with Crippen molar-refractivity contribution in [2.45, 2.75) is 6.55 Å². The molecule has 0 aliphatic carbocycles. The van der Waals surface area contributed by atoms with Crippen molar-refractivity contribution < 1.29 is 13.2 Å². The highest BCUT2D eigenvalue weighted by atomic mass is 19.3. The Balaban J connectivity index is 2.93. The van der Waals surface area contributed by atoms with Crippen molar-refractivity contribution in [3.05, 3.63) is 29.6 Å². The monoisotopic (exact) mass is 186 g/mol. The number of nitriles is 1. The van der Waals surface area contributed by atoms with Crippen molar-refractivity contribution in [1.82, 2.24) is 0 Å². The Labute approximate surface area is 72.6 Å². The fraction of sp³-hybridized carbons (Fsp3) is 0.125. The van der Waals surface area contributed by atoms with Gasteiger partial charge in [-0.25, -0.2) is 4.39 Å². The summed E-state index contributed by atoms with van der Waals surface area (Å²) in [6, 6.07) is 4.94. The Bertz CT molecular complexity index is 344. The number of rotatable bonds is 2. The summed E-state index contributed by atoms with van der Waals surface area (Å²) in [6.45, 7) is -2.82. The molecule has 13 heavy (non-hydrogen) atoms. The lowest BCUT2D eigenvalue weighted by molar-refractivity contribution is 0.181. The summed E-state index contributed by atoms with van der Waals surface area (Å²) >= 11 is 0. The van der Waals surface area contributed by atoms with Gasteiger partial charge in [-0.1, -0.05) is 0 Å². The summed E-state index contributed by atoms with van der Waals surface area (Å²) in [5, 5.41) is 9.96. The third-order valence-corrected chi connectivity index (χ3v) is 1.36. The van der Waals surface area contributed by atoms with E-state index in [0.717, 1.165) is 12.1 Å². The van der Waals surface area contributed by atoms with Crippen LogP contribution < -0.4 is 5.32 Å². The number of benzene rings is 1. The van der Waals surface area contributed by atoms with Crippen LogP contribution in [0.25, 0.3) is 0 Å². The number of nitrogens with zero attached hydrogens (tertiary/aromatic N) is 1. The Morgan fingerprint density at radius 1 is 1.38 bits per heavy atom. The standard InChI is InChI=1S/C8H5F3N2/c9-6-3-5(4-12)1-2-7(6)13-8(10)11/h1-3,8,13H. The predicted molar refractivity (Wildman–Crippen MR) is 40.7 cm³/mol. The number of nitrogens with one attached hydrogen (secondary N) is 1. The molecule has 0 saturated carbocycles. The smallest absolute Gasteiger partial charge is 0.313 e. The molecule has 1 aromatic rings. The third-order valence-electron chi connectivity index (χ3n) is 1.36. The van der Waals surface area contributed by atoms with Gasteiger partial charge in [0.2, 0.25) is 0 Å². The zero-order valence-electron chi connectivity index (χ0n) is 6.39. The van der Waals surface area contributed by atoms with Gasteiger partial charge in [0.1, 0.15) is 5.82 Å². The SMILES string of the molecule is N#Cc1ccc(NC(F)F)c(F)c1. The van der Waals surface area contributed by atoms with E-state index in [4.69, 9.17) is 5.26 Å². The van der Waals surface area contributed by atoms with Gasteiger partial charge >= 0.3 is 6.55 Å². The maximum absolute atomic E-state index is 12.9. The molecule has 1 rings (SSSR count). The largest absolute Gasteiger partial charge is 0.327 e. The fourth-order valence-corrected chi connectivity index (χ4v) is 0.819. The normalized spacial score (nSPS) is 9.77. The molecule has 2 nitrogen and oxygen atoms in total. The van der Waals surface area contributed by atoms with Gasteiger partial charge in [-0.15, -0.1) is 0 Å². The van der Waals surface area contributed by atoms with Crippen LogP contribution in [0.4, 0.5) is 18.9 Å². The van der Waals surface area contributed by atoms with Gasteiger partial charge in [-0.3, -0.25) is 0 Å². The second-order valence-corrected chi connectivity index (χ2v) is 2.25. The van der Waals surface area contributed by atoms with Crippen LogP contribution in [0, 0.1) is 17.1 Å². The molecule has 0 heterocycles. The minimum absolute atomic E-state index is 0.0947. The lowest BCUT2D eigenvalue weighted by atomic mass is 10.2. The molecule has 0 fully saturated rings. The molecular formula is C8H5F3N2. The number of anilines is 1. The zero-order chi connectivity index (χ0) is 9.84. The molecule has 1 N–H and O–H groups in total. The average molecular weight is 186 g/mol. The molecule has 0 bridgehead atoms. The topological polar surface area (TPSA) is 35.8 Å². The molecule has 0 saturated heterocycles. The predicted octanol–water partition coefficient (Wildman–Crippen LogP) is 2.33. The van der Waals surface area contributed by atoms with Gasteiger partial charge < -0.3 is 5.32 Å². The van der Waals surface area contributed by atoms with E-state index in [1.54, 1.807) is 11.4 Å². The number of hydrogen-bond donors (Lipinski definition) is 1. The van der Waals surface area contributed by atoms with Crippen LogP contribution in [0.5, 0.6) is 0 Å². The summed E-state index contributed by atoms with van der Waals surface area (Å²) in [5.41, 5.74) is -0.216. The highest BCUT2D eigenvalue weighted by molar-refractivity contribution is 5.48. The van der Waals surface area contributed by atoms with Gasteiger partial charge in [0.25, 0.3) is 0 Å². The molecule has 0 amide bonds. The molecule has 0 spiro atoms. The van der Waals surface area contributed by atoms with Crippen LogP contribution in [-0.4, -0.2) is 6.55 Å². The van der Waals surface area contributed by atoms with Gasteiger partial charge in [-0.2, -0.15) is 14.0 Å². The van der Waals surface area contributed by atoms with Crippen LogP contribution in [-0.2, 0) is 0 Å². The molecule has 0 aliphatic heterocycles. The Morgan fingerprint density at radius 2 is 2.08 bits per heavy atom. The summed E-state index contributed by atoms with van der Waals surface area (Å²) in [4.78, 5) is 0. The fourth-order valence-electron chi connectivity index (χ4n) is 0.819. The highest BCUT2D eigenvalue weighted by Crippen LogP contribution is 2.16. The summed E-state index contributed by atoms with van der Waals surface area (Å²) in [5.74, 6) is -0.862. The highest BCUT2D eigenvalue weighted by Gasteiger charge is 2.07. The van der Waals surface area contributed by atoms with E-state index in [1.165, 1.54) is 6.07 Å². The van der Waals surface area contributed by atoms with Crippen LogP contribution >= 0.6 is 0 Å². The summed E-state index contributed by atoms with van der Waals surface area (Å²) < 4.78 is 36.3. The van der Waals surface area contributed by atoms with Crippen LogP contribution in [0.2, 0.25) is 0 Å². The van der Waals surface area contributed by atoms with Gasteiger partial charge in [0, 0.05) is 0 Å². The van der Waals surface area contributed by atoms with E-state index in [9.17, 15) is 13.2 Å². The van der Waals surface area contributed by atoms with Gasteiger partial charge in [0.05, 0.1) is 17.3 Å². The first-order valence-electron chi connectivity index (χ1n) is 3.38. The van der Waals surface area contributed by atoms with Gasteiger partial charge in [-0.05, 0) is 18.2 Å². The average Bonchev–Trinajstić information content (AvgIpc) is 2.08. The lowest BCUT2D eigenvalue weighted by Crippen LogP contribution is -2.07. The van der Waals surface area contributed by atoms with E-state index < -0.39 is 12.4 Å². The van der Waals surface area contributed by atoms with E-state index in [0.29, 0.717) is 0 Å². The number of halogens is 3. The number of alkyl halides is 2. The molecular weight excluding hydrogens is 181 g/mol. The summed E-state index contributed by atoms with van der Waals surface area (Å²) in [6.07, 6.45) is 0. The lowest BCUT2D eigenvalue weighted by Gasteiger charge is -2.05. The minimum atomic E-state index is -2.82. The van der Waals surface area contributed by atoms with Crippen molar-refractivity contribution in [2.24, 2.45) is 0 Å².